The number of hydrogen-bond donors (Lipinski definition) is 0. The molecular formula is C34H25F3N4O3. The Morgan fingerprint density at radius 3 is 2.55 bits per heavy atom. The summed E-state index contributed by atoms with van der Waals surface area (Å²) in [5, 5.41) is 14.1. The van der Waals surface area contributed by atoms with E-state index in [0.29, 0.717) is 45.7 Å². The summed E-state index contributed by atoms with van der Waals surface area (Å²) >= 11 is 0. The van der Waals surface area contributed by atoms with Gasteiger partial charge in [-0.3, -0.25) is 4.79 Å². The number of nitrogens with zero attached hydrogens (tertiary/aromatic N) is 4. The topological polar surface area (TPSA) is 89.5 Å². The molecule has 4 aromatic carbocycles. The fourth-order valence-corrected chi connectivity index (χ4v) is 4.66. The van der Waals surface area contributed by atoms with Crippen LogP contribution in [0.25, 0.3) is 22.3 Å². The second-order valence-electron chi connectivity index (χ2n) is 9.65. The molecule has 0 radical (unpaired) electrons. The van der Waals surface area contributed by atoms with Crippen molar-refractivity contribution in [2.45, 2.75) is 19.2 Å². The number of para-hydroxylation sites is 1. The Bertz CT molecular complexity index is 1990. The second-order valence-corrected chi connectivity index (χ2v) is 9.65. The van der Waals surface area contributed by atoms with Crippen molar-refractivity contribution in [1.29, 1.82) is 5.26 Å². The average molecular weight is 595 g/mol. The van der Waals surface area contributed by atoms with Gasteiger partial charge in [0.1, 0.15) is 6.61 Å². The van der Waals surface area contributed by atoms with Crippen LogP contribution < -0.4 is 15.0 Å². The molecule has 10 heteroatoms. The van der Waals surface area contributed by atoms with Crippen LogP contribution in [0.2, 0.25) is 0 Å². The molecule has 0 amide bonds. The maximum atomic E-state index is 13.6. The molecular weight excluding hydrogens is 569 g/mol. The molecule has 0 fully saturated rings. The number of rotatable bonds is 9. The summed E-state index contributed by atoms with van der Waals surface area (Å²) in [7, 11) is 1.48. The van der Waals surface area contributed by atoms with E-state index in [1.807, 2.05) is 6.07 Å². The lowest BCUT2D eigenvalue weighted by Crippen LogP contribution is -2.20. The van der Waals surface area contributed by atoms with Gasteiger partial charge >= 0.3 is 6.18 Å². The molecule has 0 aliphatic rings. The molecule has 0 saturated heterocycles. The first-order chi connectivity index (χ1) is 21.2. The van der Waals surface area contributed by atoms with E-state index >= 15 is 0 Å². The molecule has 0 N–H and O–H groups in total. The zero-order valence-corrected chi connectivity index (χ0v) is 23.5. The third kappa shape index (κ3) is 6.22. The van der Waals surface area contributed by atoms with Crippen molar-refractivity contribution in [3.05, 3.63) is 136 Å². The number of nitriles is 1. The van der Waals surface area contributed by atoms with Gasteiger partial charge in [-0.25, -0.2) is 4.98 Å². The molecule has 0 aliphatic carbocycles. The Morgan fingerprint density at radius 1 is 1.02 bits per heavy atom. The van der Waals surface area contributed by atoms with E-state index in [9.17, 15) is 23.2 Å². The normalized spacial score (nSPS) is 11.4. The first-order valence-electron chi connectivity index (χ1n) is 13.4. The van der Waals surface area contributed by atoms with Crippen LogP contribution in [-0.4, -0.2) is 23.0 Å². The molecule has 0 spiro atoms. The number of ether oxygens (including phenoxy) is 2. The highest BCUT2D eigenvalue weighted by molar-refractivity contribution is 5.83. The van der Waals surface area contributed by atoms with Crippen LogP contribution in [0.3, 0.4) is 0 Å². The van der Waals surface area contributed by atoms with Gasteiger partial charge in [-0.15, -0.1) is 6.58 Å². The van der Waals surface area contributed by atoms with Gasteiger partial charge < -0.3 is 9.47 Å². The van der Waals surface area contributed by atoms with E-state index in [4.69, 9.17) is 9.47 Å². The predicted octanol–water partition coefficient (Wildman–Crippen LogP) is 7.15. The smallest absolute Gasteiger partial charge is 0.416 e. The Balaban J connectivity index is 1.59. The SMILES string of the molecule is C=CCc1cc(C=Nn2c(-c3cccc(C(F)(F)F)c3)nc3ccccc3c2=O)cc(OC)c1OCc1ccccc1C#N. The Hall–Kier alpha value is -5.69. The number of halogens is 3. The average Bonchev–Trinajstić information content (AvgIpc) is 3.03. The van der Waals surface area contributed by atoms with Crippen LogP contribution in [0.4, 0.5) is 13.2 Å². The summed E-state index contributed by atoms with van der Waals surface area (Å²) in [5.41, 5.74) is 1.41. The van der Waals surface area contributed by atoms with E-state index in [0.717, 1.165) is 16.8 Å². The third-order valence-corrected chi connectivity index (χ3v) is 6.77. The quantitative estimate of drug-likeness (QED) is 0.134. The lowest BCUT2D eigenvalue weighted by molar-refractivity contribution is -0.137. The summed E-state index contributed by atoms with van der Waals surface area (Å²) in [4.78, 5) is 18.1. The number of alkyl halides is 3. The third-order valence-electron chi connectivity index (χ3n) is 6.77. The van der Waals surface area contributed by atoms with E-state index < -0.39 is 17.3 Å². The molecule has 5 rings (SSSR count). The van der Waals surface area contributed by atoms with Crippen molar-refractivity contribution in [2.24, 2.45) is 5.10 Å². The summed E-state index contributed by atoms with van der Waals surface area (Å²) in [6.45, 7) is 3.95. The minimum atomic E-state index is -4.58. The molecule has 1 aromatic heterocycles. The maximum absolute atomic E-state index is 13.6. The maximum Gasteiger partial charge on any atom is 0.416 e. The molecule has 5 aromatic rings. The lowest BCUT2D eigenvalue weighted by Gasteiger charge is -2.16. The fraction of sp³-hybridized carbons (Fsp3) is 0.118. The minimum absolute atomic E-state index is 0.0505. The molecule has 0 saturated carbocycles. The zero-order chi connectivity index (χ0) is 31.3. The number of allylic oxidation sites excluding steroid dienone is 1. The Labute approximate surface area is 250 Å². The van der Waals surface area contributed by atoms with Gasteiger partial charge in [0.05, 0.1) is 41.4 Å². The van der Waals surface area contributed by atoms with Crippen LogP contribution in [0.15, 0.2) is 107 Å². The highest BCUT2D eigenvalue weighted by Gasteiger charge is 2.31. The van der Waals surface area contributed by atoms with Crippen molar-refractivity contribution in [2.75, 3.05) is 7.11 Å². The van der Waals surface area contributed by atoms with Crippen LogP contribution in [0.1, 0.15) is 27.8 Å². The number of hydrogen-bond acceptors (Lipinski definition) is 6. The van der Waals surface area contributed by atoms with Gasteiger partial charge in [-0.2, -0.15) is 28.2 Å². The minimum Gasteiger partial charge on any atom is -0.493 e. The molecule has 0 atom stereocenters. The van der Waals surface area contributed by atoms with E-state index in [2.05, 4.69) is 22.7 Å². The summed E-state index contributed by atoms with van der Waals surface area (Å²) in [6.07, 6.45) is -1.09. The highest BCUT2D eigenvalue weighted by atomic mass is 19.4. The zero-order valence-electron chi connectivity index (χ0n) is 23.5. The first-order valence-corrected chi connectivity index (χ1v) is 13.4. The van der Waals surface area contributed by atoms with Crippen LogP contribution in [0.5, 0.6) is 11.5 Å². The van der Waals surface area contributed by atoms with Crippen molar-refractivity contribution >= 4 is 17.1 Å². The van der Waals surface area contributed by atoms with Crippen molar-refractivity contribution in [3.8, 4) is 29.0 Å². The first kappa shape index (κ1) is 29.8. The molecule has 44 heavy (non-hydrogen) atoms. The van der Waals surface area contributed by atoms with Crippen LogP contribution in [0, 0.1) is 11.3 Å². The Kier molecular flexibility index (Phi) is 8.58. The molecule has 0 unspecified atom stereocenters. The van der Waals surface area contributed by atoms with E-state index in [1.165, 1.54) is 25.5 Å². The van der Waals surface area contributed by atoms with E-state index in [-0.39, 0.29) is 23.4 Å². The fourth-order valence-electron chi connectivity index (χ4n) is 4.66. The number of benzene rings is 4. The monoisotopic (exact) mass is 594 g/mol. The van der Waals surface area contributed by atoms with Crippen molar-refractivity contribution in [3.63, 3.8) is 0 Å². The largest absolute Gasteiger partial charge is 0.493 e. The molecule has 7 nitrogen and oxygen atoms in total. The lowest BCUT2D eigenvalue weighted by atomic mass is 10.1. The van der Waals surface area contributed by atoms with Gasteiger partial charge in [0.25, 0.3) is 5.56 Å². The summed E-state index contributed by atoms with van der Waals surface area (Å²) in [6, 6.07) is 23.8. The molecule has 220 valence electrons. The summed E-state index contributed by atoms with van der Waals surface area (Å²) in [5.74, 6) is 0.777. The number of fused-ring (bicyclic) bond motifs is 1. The van der Waals surface area contributed by atoms with Gasteiger partial charge in [-0.05, 0) is 54.4 Å². The Morgan fingerprint density at radius 2 is 1.80 bits per heavy atom. The molecule has 0 aliphatic heterocycles. The van der Waals surface area contributed by atoms with Gasteiger partial charge in [-0.1, -0.05) is 48.5 Å². The van der Waals surface area contributed by atoms with Gasteiger partial charge in [0.15, 0.2) is 17.3 Å². The molecule has 1 heterocycles. The van der Waals surface area contributed by atoms with Gasteiger partial charge in [0, 0.05) is 16.7 Å². The van der Waals surface area contributed by atoms with Crippen LogP contribution >= 0.6 is 0 Å². The second kappa shape index (κ2) is 12.7. The number of aromatic nitrogens is 2. The molecule has 0 bridgehead atoms. The van der Waals surface area contributed by atoms with E-state index in [1.54, 1.807) is 60.7 Å². The number of methoxy groups -OCH3 is 1. The summed E-state index contributed by atoms with van der Waals surface area (Å²) < 4.78 is 53.3. The van der Waals surface area contributed by atoms with Crippen molar-refractivity contribution in [1.82, 2.24) is 9.66 Å². The van der Waals surface area contributed by atoms with Gasteiger partial charge in [0.2, 0.25) is 0 Å². The van der Waals surface area contributed by atoms with Crippen LogP contribution in [-0.2, 0) is 19.2 Å². The standard InChI is InChI=1S/C34H25F3N4O3/c1-3-9-23-16-22(17-30(43-2)31(23)44-21-26-11-5-4-10-25(26)19-38)20-39-41-32(24-12-8-13-27(18-24)34(35,36)37)40-29-15-7-6-14-28(29)33(41)42/h3-8,10-18,20H,1,9,21H2,2H3. The highest BCUT2D eigenvalue weighted by Crippen LogP contribution is 2.35. The predicted molar refractivity (Wildman–Crippen MR) is 162 cm³/mol. The van der Waals surface area contributed by atoms with Crippen molar-refractivity contribution < 1.29 is 22.6 Å².